The fraction of sp³-hybridized carbons (Fsp3) is 0. The SMILES string of the molecule is O=C1c2ccccc2C(=O)c2c1ccc(-c1nc(-c3ccccc3)nc(-c3ccccc3)n1)c2Cl. The van der Waals surface area contributed by atoms with Crippen LogP contribution in [-0.4, -0.2) is 26.5 Å². The predicted molar refractivity (Wildman–Crippen MR) is 134 cm³/mol. The monoisotopic (exact) mass is 473 g/mol. The number of carbonyl (C=O) groups excluding carboxylic acids is 2. The molecule has 0 saturated heterocycles. The van der Waals surface area contributed by atoms with Crippen LogP contribution in [0.3, 0.4) is 0 Å². The minimum Gasteiger partial charge on any atom is -0.289 e. The van der Waals surface area contributed by atoms with Crippen LogP contribution in [0.1, 0.15) is 31.8 Å². The number of rotatable bonds is 3. The Labute approximate surface area is 206 Å². The Morgan fingerprint density at radius 1 is 0.457 bits per heavy atom. The molecule has 1 heterocycles. The van der Waals surface area contributed by atoms with Crippen molar-refractivity contribution in [2.75, 3.05) is 0 Å². The average Bonchev–Trinajstić information content (AvgIpc) is 2.92. The Morgan fingerprint density at radius 3 is 1.49 bits per heavy atom. The molecule has 0 saturated carbocycles. The van der Waals surface area contributed by atoms with E-state index in [9.17, 15) is 9.59 Å². The van der Waals surface area contributed by atoms with Crippen molar-refractivity contribution in [3.05, 3.63) is 124 Å². The number of carbonyl (C=O) groups is 2. The highest BCUT2D eigenvalue weighted by Crippen LogP contribution is 2.37. The predicted octanol–water partition coefficient (Wildman–Crippen LogP) is 6.30. The van der Waals surface area contributed by atoms with Crippen molar-refractivity contribution in [1.82, 2.24) is 15.0 Å². The quantitative estimate of drug-likeness (QED) is 0.301. The van der Waals surface area contributed by atoms with Crippen molar-refractivity contribution in [1.29, 1.82) is 0 Å². The van der Waals surface area contributed by atoms with E-state index in [1.165, 1.54) is 0 Å². The molecule has 0 unspecified atom stereocenters. The Kier molecular flexibility index (Phi) is 5.05. The van der Waals surface area contributed by atoms with Crippen LogP contribution in [0.5, 0.6) is 0 Å². The third kappa shape index (κ3) is 3.54. The van der Waals surface area contributed by atoms with Crippen LogP contribution in [-0.2, 0) is 0 Å². The molecule has 0 fully saturated rings. The zero-order valence-electron chi connectivity index (χ0n) is 18.3. The lowest BCUT2D eigenvalue weighted by molar-refractivity contribution is 0.0979. The van der Waals surface area contributed by atoms with Gasteiger partial charge in [0.05, 0.1) is 10.6 Å². The number of hydrogen-bond acceptors (Lipinski definition) is 5. The normalized spacial score (nSPS) is 12.3. The van der Waals surface area contributed by atoms with E-state index < -0.39 is 0 Å². The van der Waals surface area contributed by atoms with Crippen LogP contribution in [0.4, 0.5) is 0 Å². The third-order valence-corrected chi connectivity index (χ3v) is 6.36. The largest absolute Gasteiger partial charge is 0.289 e. The van der Waals surface area contributed by atoms with Gasteiger partial charge in [-0.2, -0.15) is 0 Å². The molecule has 0 N–H and O–H groups in total. The van der Waals surface area contributed by atoms with Gasteiger partial charge in [-0.15, -0.1) is 0 Å². The van der Waals surface area contributed by atoms with Crippen LogP contribution >= 0.6 is 11.6 Å². The van der Waals surface area contributed by atoms with Crippen molar-refractivity contribution in [3.8, 4) is 34.2 Å². The zero-order chi connectivity index (χ0) is 23.9. The number of ketones is 2. The molecule has 6 heteroatoms. The van der Waals surface area contributed by atoms with Crippen molar-refractivity contribution in [2.24, 2.45) is 0 Å². The number of hydrogen-bond donors (Lipinski definition) is 0. The van der Waals surface area contributed by atoms with E-state index in [2.05, 4.69) is 4.98 Å². The van der Waals surface area contributed by atoms with Crippen LogP contribution in [0.15, 0.2) is 97.1 Å². The van der Waals surface area contributed by atoms with E-state index in [1.807, 2.05) is 60.7 Å². The first kappa shape index (κ1) is 21.1. The Morgan fingerprint density at radius 2 is 0.914 bits per heavy atom. The molecule has 0 bridgehead atoms. The summed E-state index contributed by atoms with van der Waals surface area (Å²) in [4.78, 5) is 40.5. The first-order valence-corrected chi connectivity index (χ1v) is 11.4. The maximum absolute atomic E-state index is 13.3. The minimum atomic E-state index is -0.289. The molecule has 6 rings (SSSR count). The van der Waals surface area contributed by atoms with Gasteiger partial charge in [0, 0.05) is 33.4 Å². The zero-order valence-corrected chi connectivity index (χ0v) is 19.0. The van der Waals surface area contributed by atoms with E-state index in [0.717, 1.165) is 11.1 Å². The first-order chi connectivity index (χ1) is 17.1. The maximum Gasteiger partial charge on any atom is 0.196 e. The lowest BCUT2D eigenvalue weighted by atomic mass is 9.83. The lowest BCUT2D eigenvalue weighted by Gasteiger charge is -2.19. The van der Waals surface area contributed by atoms with Gasteiger partial charge >= 0.3 is 0 Å². The summed E-state index contributed by atoms with van der Waals surface area (Å²) in [5, 5.41) is 0.152. The van der Waals surface area contributed by atoms with Gasteiger partial charge in [0.2, 0.25) is 0 Å². The van der Waals surface area contributed by atoms with Gasteiger partial charge in [-0.05, 0) is 12.1 Å². The summed E-state index contributed by atoms with van der Waals surface area (Å²) in [5.74, 6) is 0.772. The van der Waals surface area contributed by atoms with Gasteiger partial charge in [-0.1, -0.05) is 96.5 Å². The topological polar surface area (TPSA) is 72.8 Å². The molecular formula is C29H16ClN3O2. The van der Waals surface area contributed by atoms with Crippen LogP contribution in [0.2, 0.25) is 5.02 Å². The highest BCUT2D eigenvalue weighted by Gasteiger charge is 2.32. The molecule has 35 heavy (non-hydrogen) atoms. The lowest BCUT2D eigenvalue weighted by Crippen LogP contribution is -2.21. The van der Waals surface area contributed by atoms with Gasteiger partial charge in [-0.3, -0.25) is 9.59 Å². The molecule has 0 radical (unpaired) electrons. The summed E-state index contributed by atoms with van der Waals surface area (Å²) in [6.07, 6.45) is 0. The molecule has 1 aromatic heterocycles. The van der Waals surface area contributed by atoms with Gasteiger partial charge in [0.25, 0.3) is 0 Å². The fourth-order valence-corrected chi connectivity index (χ4v) is 4.58. The van der Waals surface area contributed by atoms with Crippen molar-refractivity contribution >= 4 is 23.2 Å². The van der Waals surface area contributed by atoms with Crippen molar-refractivity contribution < 1.29 is 9.59 Å². The molecule has 0 atom stereocenters. The maximum atomic E-state index is 13.3. The molecule has 0 amide bonds. The van der Waals surface area contributed by atoms with Crippen molar-refractivity contribution in [3.63, 3.8) is 0 Å². The number of benzene rings is 4. The highest BCUT2D eigenvalue weighted by atomic mass is 35.5. The number of fused-ring (bicyclic) bond motifs is 2. The summed E-state index contributed by atoms with van der Waals surface area (Å²) in [6.45, 7) is 0. The summed E-state index contributed by atoms with van der Waals surface area (Å²) in [6, 6.07) is 29.3. The second-order valence-corrected chi connectivity index (χ2v) is 8.47. The van der Waals surface area contributed by atoms with Gasteiger partial charge < -0.3 is 0 Å². The van der Waals surface area contributed by atoms with E-state index in [0.29, 0.717) is 34.2 Å². The molecule has 166 valence electrons. The van der Waals surface area contributed by atoms with E-state index in [-0.39, 0.29) is 27.7 Å². The molecule has 0 aliphatic heterocycles. The van der Waals surface area contributed by atoms with Gasteiger partial charge in [0.1, 0.15) is 0 Å². The fourth-order valence-electron chi connectivity index (χ4n) is 4.25. The van der Waals surface area contributed by atoms with E-state index in [4.69, 9.17) is 21.6 Å². The smallest absolute Gasteiger partial charge is 0.196 e. The van der Waals surface area contributed by atoms with E-state index in [1.54, 1.807) is 36.4 Å². The highest BCUT2D eigenvalue weighted by molar-refractivity contribution is 6.41. The second kappa shape index (κ2) is 8.38. The van der Waals surface area contributed by atoms with E-state index >= 15 is 0 Å². The van der Waals surface area contributed by atoms with Crippen LogP contribution < -0.4 is 0 Å². The van der Waals surface area contributed by atoms with Crippen LogP contribution in [0, 0.1) is 0 Å². The Hall–Kier alpha value is -4.48. The molecule has 4 aromatic carbocycles. The standard InChI is InChI=1S/C29H16ClN3O2/c30-24-22(16-15-21-23(24)26(35)20-14-8-7-13-19(20)25(21)34)29-32-27(17-9-3-1-4-10-17)31-28(33-29)18-11-5-2-6-12-18/h1-16H. The summed E-state index contributed by atoms with van der Waals surface area (Å²) in [5.41, 5.74) is 3.29. The first-order valence-electron chi connectivity index (χ1n) is 11.0. The minimum absolute atomic E-state index is 0.152. The molecule has 1 aliphatic rings. The molecule has 0 spiro atoms. The summed E-state index contributed by atoms with van der Waals surface area (Å²) >= 11 is 6.81. The Bertz CT molecular complexity index is 1580. The molecular weight excluding hydrogens is 458 g/mol. The van der Waals surface area contributed by atoms with Gasteiger partial charge in [-0.25, -0.2) is 15.0 Å². The van der Waals surface area contributed by atoms with Crippen LogP contribution in [0.25, 0.3) is 34.2 Å². The summed E-state index contributed by atoms with van der Waals surface area (Å²) < 4.78 is 0. The summed E-state index contributed by atoms with van der Waals surface area (Å²) in [7, 11) is 0. The van der Waals surface area contributed by atoms with Gasteiger partial charge in [0.15, 0.2) is 29.0 Å². The number of nitrogens with zero attached hydrogens (tertiary/aromatic N) is 3. The molecule has 5 aromatic rings. The van der Waals surface area contributed by atoms with Crippen molar-refractivity contribution in [2.45, 2.75) is 0 Å². The third-order valence-electron chi connectivity index (χ3n) is 5.97. The average molecular weight is 474 g/mol. The number of halogens is 1. The number of aromatic nitrogens is 3. The second-order valence-electron chi connectivity index (χ2n) is 8.09. The molecule has 5 nitrogen and oxygen atoms in total. The molecule has 1 aliphatic carbocycles. The Balaban J connectivity index is 1.57.